The lowest BCUT2D eigenvalue weighted by Gasteiger charge is -2.29. The summed E-state index contributed by atoms with van der Waals surface area (Å²) in [5.74, 6) is -2.22. The van der Waals surface area contributed by atoms with E-state index < -0.39 is 52.6 Å². The molecule has 39 heavy (non-hydrogen) atoms. The first-order chi connectivity index (χ1) is 17.9. The molecule has 214 valence electrons. The Kier molecular flexibility index (Phi) is 10.1. The third-order valence-corrected chi connectivity index (χ3v) is 5.58. The minimum atomic E-state index is -1.72. The maximum atomic E-state index is 14.8. The van der Waals surface area contributed by atoms with Gasteiger partial charge in [-0.25, -0.2) is 23.2 Å². The van der Waals surface area contributed by atoms with Gasteiger partial charge in [0.05, 0.1) is 6.04 Å². The summed E-state index contributed by atoms with van der Waals surface area (Å²) < 4.78 is 38.8. The molecular formula is C29H38F2N2O6. The Balaban J connectivity index is 2.24. The van der Waals surface area contributed by atoms with E-state index >= 15 is 0 Å². The third kappa shape index (κ3) is 10.5. The number of benzene rings is 2. The Labute approximate surface area is 228 Å². The first kappa shape index (κ1) is 31.5. The van der Waals surface area contributed by atoms with Gasteiger partial charge in [0.2, 0.25) is 0 Å². The van der Waals surface area contributed by atoms with Crippen LogP contribution in [0.5, 0.6) is 0 Å². The predicted octanol–water partition coefficient (Wildman–Crippen LogP) is 6.07. The van der Waals surface area contributed by atoms with Crippen molar-refractivity contribution in [3.8, 4) is 0 Å². The van der Waals surface area contributed by atoms with E-state index in [4.69, 9.17) is 9.47 Å². The van der Waals surface area contributed by atoms with Gasteiger partial charge in [0.25, 0.3) is 0 Å². The fraction of sp³-hybridized carbons (Fsp3) is 0.483. The van der Waals surface area contributed by atoms with Gasteiger partial charge in [-0.1, -0.05) is 24.3 Å². The molecule has 0 bridgehead atoms. The van der Waals surface area contributed by atoms with Crippen molar-refractivity contribution in [2.45, 2.75) is 90.5 Å². The summed E-state index contributed by atoms with van der Waals surface area (Å²) >= 11 is 0. The van der Waals surface area contributed by atoms with E-state index in [9.17, 15) is 28.3 Å². The lowest BCUT2D eigenvalue weighted by Crippen LogP contribution is -2.54. The second-order valence-electron chi connectivity index (χ2n) is 11.7. The first-order valence-electron chi connectivity index (χ1n) is 12.6. The van der Waals surface area contributed by atoms with E-state index in [0.717, 1.165) is 0 Å². The number of carboxylic acids is 1. The molecular weight excluding hydrogens is 510 g/mol. The second kappa shape index (κ2) is 12.4. The number of aryl methyl sites for hydroxylation is 1. The molecule has 3 N–H and O–H groups in total. The standard InChI is InChI=1S/C29H38F2N2O6/c1-27(2,3)38-25(36)32-23(19-9-12-21(30)13-10-19)15-11-20-16-18(8-14-22(20)31)17-29(7,24(34)35)33-26(37)39-28(4,5)6/h8-10,12-14,16,23H,11,15,17H2,1-7H3,(H,32,36)(H,33,37)(H,34,35). The van der Waals surface area contributed by atoms with Crippen molar-refractivity contribution in [2.75, 3.05) is 0 Å². The van der Waals surface area contributed by atoms with Gasteiger partial charge in [0.1, 0.15) is 28.4 Å². The molecule has 0 aliphatic rings. The summed E-state index contributed by atoms with van der Waals surface area (Å²) in [6.07, 6.45) is -1.27. The number of alkyl carbamates (subject to hydrolysis) is 2. The number of ether oxygens (including phenoxy) is 2. The quantitative estimate of drug-likeness (QED) is 0.350. The Hall–Kier alpha value is -3.69. The number of aliphatic carboxylic acids is 1. The van der Waals surface area contributed by atoms with E-state index in [1.54, 1.807) is 41.5 Å². The van der Waals surface area contributed by atoms with Crippen LogP contribution in [-0.2, 0) is 27.1 Å². The van der Waals surface area contributed by atoms with Gasteiger partial charge in [-0.15, -0.1) is 0 Å². The Morgan fingerprint density at radius 1 is 0.872 bits per heavy atom. The minimum absolute atomic E-state index is 0.133. The fourth-order valence-electron chi connectivity index (χ4n) is 3.81. The van der Waals surface area contributed by atoms with Gasteiger partial charge in [-0.3, -0.25) is 0 Å². The third-order valence-electron chi connectivity index (χ3n) is 5.58. The SMILES string of the molecule is CC(C)(C)OC(=O)NC(CCc1cc(CC(C)(NC(=O)OC(C)(C)C)C(=O)O)ccc1F)c1ccc(F)cc1. The van der Waals surface area contributed by atoms with E-state index in [-0.39, 0.29) is 24.8 Å². The predicted molar refractivity (Wildman–Crippen MR) is 142 cm³/mol. The highest BCUT2D eigenvalue weighted by Crippen LogP contribution is 2.24. The van der Waals surface area contributed by atoms with Crippen LogP contribution in [0, 0.1) is 11.6 Å². The Morgan fingerprint density at radius 2 is 1.44 bits per heavy atom. The zero-order chi connectivity index (χ0) is 29.6. The van der Waals surface area contributed by atoms with Gasteiger partial charge < -0.3 is 25.2 Å². The topological polar surface area (TPSA) is 114 Å². The van der Waals surface area contributed by atoms with E-state index in [1.807, 2.05) is 0 Å². The van der Waals surface area contributed by atoms with Crippen molar-refractivity contribution >= 4 is 18.2 Å². The van der Waals surface area contributed by atoms with Crippen LogP contribution in [0.4, 0.5) is 18.4 Å². The normalized spacial score (nSPS) is 14.1. The summed E-state index contributed by atoms with van der Waals surface area (Å²) in [6, 6.07) is 9.21. The van der Waals surface area contributed by atoms with Crippen LogP contribution in [0.2, 0.25) is 0 Å². The molecule has 0 aliphatic carbocycles. The maximum absolute atomic E-state index is 14.8. The zero-order valence-corrected chi connectivity index (χ0v) is 23.5. The number of hydrogen-bond donors (Lipinski definition) is 3. The molecule has 2 aromatic rings. The molecule has 2 rings (SSSR count). The number of halogens is 2. The highest BCUT2D eigenvalue weighted by molar-refractivity contribution is 5.84. The molecule has 0 aliphatic heterocycles. The van der Waals surface area contributed by atoms with Gasteiger partial charge in [-0.2, -0.15) is 0 Å². The van der Waals surface area contributed by atoms with Gasteiger partial charge in [0.15, 0.2) is 0 Å². The summed E-state index contributed by atoms with van der Waals surface area (Å²) in [5, 5.41) is 15.0. The molecule has 0 heterocycles. The van der Waals surface area contributed by atoms with Crippen molar-refractivity contribution in [3.63, 3.8) is 0 Å². The minimum Gasteiger partial charge on any atom is -0.480 e. The van der Waals surface area contributed by atoms with Gasteiger partial charge >= 0.3 is 18.2 Å². The van der Waals surface area contributed by atoms with Crippen LogP contribution in [0.25, 0.3) is 0 Å². The van der Waals surface area contributed by atoms with Crippen LogP contribution in [-0.4, -0.2) is 40.0 Å². The molecule has 8 nitrogen and oxygen atoms in total. The first-order valence-corrected chi connectivity index (χ1v) is 12.6. The average molecular weight is 549 g/mol. The highest BCUT2D eigenvalue weighted by atomic mass is 19.1. The second-order valence-corrected chi connectivity index (χ2v) is 11.7. The zero-order valence-electron chi connectivity index (χ0n) is 23.5. The summed E-state index contributed by atoms with van der Waals surface area (Å²) in [4.78, 5) is 36.8. The fourth-order valence-corrected chi connectivity index (χ4v) is 3.81. The number of carbonyl (C=O) groups excluding carboxylic acids is 2. The molecule has 0 aromatic heterocycles. The molecule has 2 aromatic carbocycles. The largest absolute Gasteiger partial charge is 0.480 e. The van der Waals surface area contributed by atoms with E-state index in [2.05, 4.69) is 10.6 Å². The van der Waals surface area contributed by atoms with Crippen LogP contribution in [0.1, 0.15) is 77.6 Å². The van der Waals surface area contributed by atoms with Crippen LogP contribution in [0.15, 0.2) is 42.5 Å². The number of amides is 2. The van der Waals surface area contributed by atoms with Gasteiger partial charge in [-0.05, 0) is 96.2 Å². The van der Waals surface area contributed by atoms with Crippen molar-refractivity contribution in [3.05, 3.63) is 70.8 Å². The monoisotopic (exact) mass is 548 g/mol. The summed E-state index contributed by atoms with van der Waals surface area (Å²) in [7, 11) is 0. The molecule has 2 unspecified atom stereocenters. The van der Waals surface area contributed by atoms with Crippen LogP contribution >= 0.6 is 0 Å². The van der Waals surface area contributed by atoms with Crippen molar-refractivity contribution < 1.29 is 37.7 Å². The molecule has 0 saturated carbocycles. The molecule has 2 atom stereocenters. The molecule has 2 amide bonds. The number of carboxylic acid groups (broad SMARTS) is 1. The van der Waals surface area contributed by atoms with E-state index in [0.29, 0.717) is 11.1 Å². The lowest BCUT2D eigenvalue weighted by atomic mass is 9.91. The van der Waals surface area contributed by atoms with Crippen LogP contribution in [0.3, 0.4) is 0 Å². The number of nitrogens with one attached hydrogen (secondary N) is 2. The van der Waals surface area contributed by atoms with Crippen molar-refractivity contribution in [1.82, 2.24) is 10.6 Å². The van der Waals surface area contributed by atoms with Crippen molar-refractivity contribution in [1.29, 1.82) is 0 Å². The molecule has 0 fully saturated rings. The highest BCUT2D eigenvalue weighted by Gasteiger charge is 2.37. The van der Waals surface area contributed by atoms with Gasteiger partial charge in [0, 0.05) is 6.42 Å². The summed E-state index contributed by atoms with van der Waals surface area (Å²) in [5.41, 5.74) is -1.89. The smallest absolute Gasteiger partial charge is 0.408 e. The van der Waals surface area contributed by atoms with Crippen molar-refractivity contribution in [2.24, 2.45) is 0 Å². The number of carbonyl (C=O) groups is 3. The molecule has 0 spiro atoms. The Morgan fingerprint density at radius 3 is 1.97 bits per heavy atom. The Bertz CT molecular complexity index is 1170. The number of rotatable bonds is 9. The average Bonchev–Trinajstić information content (AvgIpc) is 2.76. The molecule has 10 heteroatoms. The van der Waals surface area contributed by atoms with Crippen LogP contribution < -0.4 is 10.6 Å². The number of hydrogen-bond acceptors (Lipinski definition) is 5. The molecule has 0 saturated heterocycles. The maximum Gasteiger partial charge on any atom is 0.408 e. The lowest BCUT2D eigenvalue weighted by molar-refractivity contribution is -0.144. The van der Waals surface area contributed by atoms with E-state index in [1.165, 1.54) is 49.4 Å². The summed E-state index contributed by atoms with van der Waals surface area (Å²) in [6.45, 7) is 11.5. The molecule has 0 radical (unpaired) electrons.